The third kappa shape index (κ3) is 1.79. The van der Waals surface area contributed by atoms with Gasteiger partial charge in [0.2, 0.25) is 7.29 Å². The first-order valence-electron chi connectivity index (χ1n) is 9.09. The highest BCUT2D eigenvalue weighted by atomic mass is 31.2. The molecule has 1 aliphatic rings. The molecule has 128 valence electrons. The Hall–Kier alpha value is -3.09. The monoisotopic (exact) mass is 365 g/mol. The number of para-hydroxylation sites is 2. The average molecular weight is 365 g/mol. The first-order valence-corrected chi connectivity index (χ1v) is 10.7. The highest BCUT2D eigenvalue weighted by Gasteiger charge is 2.38. The second-order valence-electron chi connectivity index (χ2n) is 6.96. The summed E-state index contributed by atoms with van der Waals surface area (Å²) in [5, 5.41) is 4.10. The van der Waals surface area contributed by atoms with Crippen LogP contribution >= 0.6 is 7.29 Å². The van der Waals surface area contributed by atoms with Gasteiger partial charge in [0.05, 0.1) is 11.0 Å². The van der Waals surface area contributed by atoms with E-state index in [4.69, 9.17) is 0 Å². The second-order valence-corrected chi connectivity index (χ2v) is 9.51. The molecule has 0 N–H and O–H groups in total. The zero-order valence-corrected chi connectivity index (χ0v) is 15.4. The molecule has 0 aliphatic carbocycles. The van der Waals surface area contributed by atoms with Crippen LogP contribution in [0.1, 0.15) is 0 Å². The van der Waals surface area contributed by atoms with E-state index in [0.717, 1.165) is 43.5 Å². The number of nitrogens with zero attached hydrogens (tertiary/aromatic N) is 1. The Morgan fingerprint density at radius 3 is 2.15 bits per heavy atom. The quantitative estimate of drug-likeness (QED) is 0.350. The molecular formula is C24H16NOP. The van der Waals surface area contributed by atoms with E-state index in [1.54, 1.807) is 0 Å². The van der Waals surface area contributed by atoms with Crippen LogP contribution in [0, 0.1) is 0 Å². The Bertz CT molecular complexity index is 1400. The zero-order chi connectivity index (χ0) is 18.0. The van der Waals surface area contributed by atoms with Crippen molar-refractivity contribution in [2.45, 2.75) is 0 Å². The lowest BCUT2D eigenvalue weighted by Gasteiger charge is -2.30. The van der Waals surface area contributed by atoms with Crippen molar-refractivity contribution >= 4 is 39.7 Å². The maximum absolute atomic E-state index is 14.9. The van der Waals surface area contributed by atoms with Gasteiger partial charge in [0.15, 0.2) is 0 Å². The summed E-state index contributed by atoms with van der Waals surface area (Å²) in [5.41, 5.74) is 4.33. The van der Waals surface area contributed by atoms with Gasteiger partial charge in [-0.3, -0.25) is 8.90 Å². The molecule has 4 aromatic carbocycles. The molecule has 0 saturated heterocycles. The average Bonchev–Trinajstić information content (AvgIpc) is 3.09. The third-order valence-corrected chi connectivity index (χ3v) is 8.60. The van der Waals surface area contributed by atoms with E-state index in [1.807, 2.05) is 54.6 Å². The SMILES string of the molecule is O=P1(c2ccccc2)c2ccccc2-c2cccc3c4ccccc4n1c23. The molecule has 0 saturated carbocycles. The van der Waals surface area contributed by atoms with Crippen molar-refractivity contribution < 1.29 is 4.57 Å². The van der Waals surface area contributed by atoms with Gasteiger partial charge < -0.3 is 0 Å². The van der Waals surface area contributed by atoms with Crippen LogP contribution in [0.15, 0.2) is 97.1 Å². The summed E-state index contributed by atoms with van der Waals surface area (Å²) < 4.78 is 17.0. The van der Waals surface area contributed by atoms with Crippen molar-refractivity contribution in [3.63, 3.8) is 0 Å². The minimum atomic E-state index is -3.05. The molecule has 0 spiro atoms. The molecule has 1 unspecified atom stereocenters. The van der Waals surface area contributed by atoms with Crippen molar-refractivity contribution in [3.05, 3.63) is 97.1 Å². The summed E-state index contributed by atoms with van der Waals surface area (Å²) in [6, 6.07) is 32.7. The van der Waals surface area contributed by atoms with Gasteiger partial charge in [-0.1, -0.05) is 72.8 Å². The second kappa shape index (κ2) is 5.22. The third-order valence-electron chi connectivity index (χ3n) is 5.58. The van der Waals surface area contributed by atoms with Crippen LogP contribution in [0.25, 0.3) is 32.9 Å². The van der Waals surface area contributed by atoms with Crippen LogP contribution in [-0.4, -0.2) is 4.34 Å². The van der Waals surface area contributed by atoms with Crippen LogP contribution in [-0.2, 0) is 4.57 Å². The van der Waals surface area contributed by atoms with Gasteiger partial charge in [-0.25, -0.2) is 0 Å². The Balaban J connectivity index is 1.94. The van der Waals surface area contributed by atoms with Gasteiger partial charge >= 0.3 is 0 Å². The predicted molar refractivity (Wildman–Crippen MR) is 114 cm³/mol. The summed E-state index contributed by atoms with van der Waals surface area (Å²) in [7, 11) is -3.05. The lowest BCUT2D eigenvalue weighted by Crippen LogP contribution is -2.25. The fraction of sp³-hybridized carbons (Fsp3) is 0. The molecular weight excluding hydrogens is 349 g/mol. The Labute approximate surface area is 157 Å². The van der Waals surface area contributed by atoms with Crippen molar-refractivity contribution in [1.29, 1.82) is 0 Å². The summed E-state index contributed by atoms with van der Waals surface area (Å²) in [4.78, 5) is 0. The fourth-order valence-electron chi connectivity index (χ4n) is 4.46. The zero-order valence-electron chi connectivity index (χ0n) is 14.5. The van der Waals surface area contributed by atoms with E-state index in [1.165, 1.54) is 0 Å². The maximum Gasteiger partial charge on any atom is 0.234 e. The van der Waals surface area contributed by atoms with Crippen LogP contribution in [0.3, 0.4) is 0 Å². The molecule has 2 heterocycles. The summed E-state index contributed by atoms with van der Waals surface area (Å²) in [6.07, 6.45) is 0. The van der Waals surface area contributed by atoms with Crippen molar-refractivity contribution in [3.8, 4) is 11.1 Å². The molecule has 0 fully saturated rings. The Morgan fingerprint density at radius 2 is 1.26 bits per heavy atom. The van der Waals surface area contributed by atoms with Crippen molar-refractivity contribution in [2.24, 2.45) is 0 Å². The Morgan fingerprint density at radius 1 is 0.593 bits per heavy atom. The fourth-order valence-corrected chi connectivity index (χ4v) is 7.55. The molecule has 0 amide bonds. The number of hydrogen-bond acceptors (Lipinski definition) is 1. The summed E-state index contributed by atoms with van der Waals surface area (Å²) in [6.45, 7) is 0. The molecule has 5 aromatic rings. The van der Waals surface area contributed by atoms with E-state index in [2.05, 4.69) is 46.8 Å². The van der Waals surface area contributed by atoms with Gasteiger partial charge in [-0.2, -0.15) is 0 Å². The topological polar surface area (TPSA) is 22.0 Å². The molecule has 1 atom stereocenters. The van der Waals surface area contributed by atoms with Crippen LogP contribution in [0.4, 0.5) is 0 Å². The molecule has 0 radical (unpaired) electrons. The van der Waals surface area contributed by atoms with E-state index >= 15 is 0 Å². The summed E-state index contributed by atoms with van der Waals surface area (Å²) >= 11 is 0. The first-order chi connectivity index (χ1) is 13.3. The predicted octanol–water partition coefficient (Wildman–Crippen LogP) is 5.55. The van der Waals surface area contributed by atoms with Crippen LogP contribution < -0.4 is 10.6 Å². The summed E-state index contributed by atoms with van der Waals surface area (Å²) in [5.74, 6) is 0. The number of benzene rings is 4. The number of aromatic nitrogens is 1. The van der Waals surface area contributed by atoms with E-state index in [9.17, 15) is 4.57 Å². The molecule has 6 rings (SSSR count). The number of rotatable bonds is 1. The van der Waals surface area contributed by atoms with Gasteiger partial charge in [0.1, 0.15) is 0 Å². The van der Waals surface area contributed by atoms with Gasteiger partial charge in [0, 0.05) is 26.9 Å². The molecule has 2 nitrogen and oxygen atoms in total. The normalized spacial score (nSPS) is 17.9. The van der Waals surface area contributed by atoms with E-state index in [0.29, 0.717) is 0 Å². The minimum Gasteiger partial charge on any atom is -0.289 e. The smallest absolute Gasteiger partial charge is 0.234 e. The van der Waals surface area contributed by atoms with Crippen LogP contribution in [0.5, 0.6) is 0 Å². The number of fused-ring (bicyclic) bond motifs is 5. The maximum atomic E-state index is 14.9. The lowest BCUT2D eigenvalue weighted by molar-refractivity contribution is 0.583. The first kappa shape index (κ1) is 15.0. The molecule has 1 aliphatic heterocycles. The lowest BCUT2D eigenvalue weighted by atomic mass is 10.0. The highest BCUT2D eigenvalue weighted by Crippen LogP contribution is 2.57. The van der Waals surface area contributed by atoms with Crippen LogP contribution in [0.2, 0.25) is 0 Å². The van der Waals surface area contributed by atoms with Crippen molar-refractivity contribution in [2.75, 3.05) is 0 Å². The van der Waals surface area contributed by atoms with Gasteiger partial charge in [-0.15, -0.1) is 0 Å². The van der Waals surface area contributed by atoms with Gasteiger partial charge in [-0.05, 0) is 29.8 Å². The van der Waals surface area contributed by atoms with E-state index < -0.39 is 7.29 Å². The van der Waals surface area contributed by atoms with E-state index in [-0.39, 0.29) is 0 Å². The minimum absolute atomic E-state index is 0.870. The Kier molecular flexibility index (Phi) is 2.90. The molecule has 3 heteroatoms. The largest absolute Gasteiger partial charge is 0.289 e. The highest BCUT2D eigenvalue weighted by molar-refractivity contribution is 7.78. The number of hydrogen-bond donors (Lipinski definition) is 0. The molecule has 27 heavy (non-hydrogen) atoms. The molecule has 1 aromatic heterocycles. The molecule has 0 bridgehead atoms. The van der Waals surface area contributed by atoms with Gasteiger partial charge in [0.25, 0.3) is 0 Å². The van der Waals surface area contributed by atoms with Crippen molar-refractivity contribution in [1.82, 2.24) is 4.34 Å². The standard InChI is InChI=1S/C24H16NOP/c26-27(17-9-2-1-3-10-17)23-16-7-5-12-19(23)21-14-8-13-20-18-11-4-6-15-22(18)25(27)24(20)21/h1-16H.